The molecule has 1 N–H and O–H groups in total. The van der Waals surface area contributed by atoms with E-state index >= 15 is 0 Å². The maximum atomic E-state index is 10.5. The summed E-state index contributed by atoms with van der Waals surface area (Å²) >= 11 is 6.91. The SMILES string of the molecule is O=C(O)CC1CN(Cc2ccc(Br)c(Br)c2)C1. The summed E-state index contributed by atoms with van der Waals surface area (Å²) in [4.78, 5) is 12.8. The van der Waals surface area contributed by atoms with Gasteiger partial charge in [0.05, 0.1) is 6.42 Å². The Morgan fingerprint density at radius 2 is 2.06 bits per heavy atom. The van der Waals surface area contributed by atoms with Gasteiger partial charge in [0, 0.05) is 28.6 Å². The van der Waals surface area contributed by atoms with Gasteiger partial charge in [-0.25, -0.2) is 0 Å². The first kappa shape index (κ1) is 13.1. The van der Waals surface area contributed by atoms with Crippen molar-refractivity contribution in [3.05, 3.63) is 32.7 Å². The molecule has 0 aliphatic carbocycles. The minimum atomic E-state index is -0.693. The van der Waals surface area contributed by atoms with E-state index in [0.717, 1.165) is 28.6 Å². The van der Waals surface area contributed by atoms with Crippen LogP contribution in [0, 0.1) is 5.92 Å². The number of aliphatic carboxylic acids is 1. The Hall–Kier alpha value is -0.390. The lowest BCUT2D eigenvalue weighted by atomic mass is 9.96. The van der Waals surface area contributed by atoms with Gasteiger partial charge in [-0.15, -0.1) is 0 Å². The first-order chi connectivity index (χ1) is 8.04. The number of likely N-dealkylation sites (tertiary alicyclic amines) is 1. The maximum Gasteiger partial charge on any atom is 0.303 e. The zero-order valence-corrected chi connectivity index (χ0v) is 12.4. The maximum absolute atomic E-state index is 10.5. The van der Waals surface area contributed by atoms with Gasteiger partial charge in [0.2, 0.25) is 0 Å². The average molecular weight is 363 g/mol. The molecule has 0 saturated carbocycles. The molecule has 0 amide bonds. The smallest absolute Gasteiger partial charge is 0.303 e. The first-order valence-electron chi connectivity index (χ1n) is 5.42. The van der Waals surface area contributed by atoms with Crippen molar-refractivity contribution in [2.24, 2.45) is 5.92 Å². The van der Waals surface area contributed by atoms with Gasteiger partial charge in [-0.2, -0.15) is 0 Å². The molecular weight excluding hydrogens is 350 g/mol. The molecule has 0 aromatic heterocycles. The molecule has 2 rings (SSSR count). The van der Waals surface area contributed by atoms with Gasteiger partial charge in [0.1, 0.15) is 0 Å². The largest absolute Gasteiger partial charge is 0.481 e. The van der Waals surface area contributed by atoms with Crippen molar-refractivity contribution in [2.75, 3.05) is 13.1 Å². The highest BCUT2D eigenvalue weighted by atomic mass is 79.9. The number of carbonyl (C=O) groups is 1. The fourth-order valence-corrected chi connectivity index (χ4v) is 2.75. The average Bonchev–Trinajstić information content (AvgIpc) is 2.19. The van der Waals surface area contributed by atoms with E-state index in [2.05, 4.69) is 48.9 Å². The molecule has 0 radical (unpaired) electrons. The van der Waals surface area contributed by atoms with Gasteiger partial charge in [0.15, 0.2) is 0 Å². The van der Waals surface area contributed by atoms with Crippen LogP contribution in [0.15, 0.2) is 27.1 Å². The molecule has 3 nitrogen and oxygen atoms in total. The number of nitrogens with zero attached hydrogens (tertiary/aromatic N) is 1. The monoisotopic (exact) mass is 361 g/mol. The van der Waals surface area contributed by atoms with E-state index in [1.807, 2.05) is 6.07 Å². The van der Waals surface area contributed by atoms with Crippen LogP contribution >= 0.6 is 31.9 Å². The van der Waals surface area contributed by atoms with E-state index in [9.17, 15) is 4.79 Å². The Bertz CT molecular complexity index is 431. The Balaban J connectivity index is 1.83. The Morgan fingerprint density at radius 3 is 2.65 bits per heavy atom. The van der Waals surface area contributed by atoms with Crippen LogP contribution in [-0.2, 0) is 11.3 Å². The molecule has 0 unspecified atom stereocenters. The quantitative estimate of drug-likeness (QED) is 0.894. The van der Waals surface area contributed by atoms with Crippen LogP contribution in [0.2, 0.25) is 0 Å². The van der Waals surface area contributed by atoms with E-state index in [1.54, 1.807) is 0 Å². The molecule has 0 spiro atoms. The van der Waals surface area contributed by atoms with Gasteiger partial charge in [-0.05, 0) is 55.5 Å². The minimum Gasteiger partial charge on any atom is -0.481 e. The second-order valence-electron chi connectivity index (χ2n) is 4.41. The van der Waals surface area contributed by atoms with Crippen LogP contribution in [-0.4, -0.2) is 29.1 Å². The second-order valence-corrected chi connectivity index (χ2v) is 6.12. The lowest BCUT2D eigenvalue weighted by molar-refractivity contribution is -0.139. The van der Waals surface area contributed by atoms with E-state index < -0.39 is 5.97 Å². The molecule has 1 aromatic rings. The highest BCUT2D eigenvalue weighted by molar-refractivity contribution is 9.13. The predicted molar refractivity (Wildman–Crippen MR) is 72.9 cm³/mol. The van der Waals surface area contributed by atoms with Crippen LogP contribution in [0.4, 0.5) is 0 Å². The van der Waals surface area contributed by atoms with E-state index in [0.29, 0.717) is 12.3 Å². The predicted octanol–water partition coefficient (Wildman–Crippen LogP) is 3.12. The number of hydrogen-bond acceptors (Lipinski definition) is 2. The number of carboxylic acids is 1. The number of rotatable bonds is 4. The van der Waals surface area contributed by atoms with Crippen molar-refractivity contribution < 1.29 is 9.90 Å². The van der Waals surface area contributed by atoms with Crippen LogP contribution in [0.25, 0.3) is 0 Å². The number of benzene rings is 1. The summed E-state index contributed by atoms with van der Waals surface area (Å²) in [5, 5.41) is 8.66. The van der Waals surface area contributed by atoms with E-state index in [4.69, 9.17) is 5.11 Å². The number of halogens is 2. The molecule has 1 aromatic carbocycles. The molecule has 17 heavy (non-hydrogen) atoms. The van der Waals surface area contributed by atoms with Gasteiger partial charge in [0.25, 0.3) is 0 Å². The summed E-state index contributed by atoms with van der Waals surface area (Å²) < 4.78 is 2.10. The number of hydrogen-bond donors (Lipinski definition) is 1. The van der Waals surface area contributed by atoms with Crippen molar-refractivity contribution >= 4 is 37.8 Å². The Kier molecular flexibility index (Phi) is 4.22. The second kappa shape index (κ2) is 5.50. The van der Waals surface area contributed by atoms with Crippen molar-refractivity contribution in [1.82, 2.24) is 4.90 Å². The van der Waals surface area contributed by atoms with E-state index in [1.165, 1.54) is 5.56 Å². The Morgan fingerprint density at radius 1 is 1.35 bits per heavy atom. The lowest BCUT2D eigenvalue weighted by Gasteiger charge is -2.38. The lowest BCUT2D eigenvalue weighted by Crippen LogP contribution is -2.46. The molecule has 92 valence electrons. The summed E-state index contributed by atoms with van der Waals surface area (Å²) in [6.45, 7) is 2.67. The van der Waals surface area contributed by atoms with Crippen molar-refractivity contribution in [2.45, 2.75) is 13.0 Å². The van der Waals surface area contributed by atoms with Crippen molar-refractivity contribution in [1.29, 1.82) is 0 Å². The van der Waals surface area contributed by atoms with Gasteiger partial charge >= 0.3 is 5.97 Å². The van der Waals surface area contributed by atoms with Gasteiger partial charge < -0.3 is 5.11 Å². The topological polar surface area (TPSA) is 40.5 Å². The fraction of sp³-hybridized carbons (Fsp3) is 0.417. The molecule has 1 heterocycles. The standard InChI is InChI=1S/C12H13Br2NO2/c13-10-2-1-8(3-11(10)14)5-15-6-9(7-15)4-12(16)17/h1-3,9H,4-7H2,(H,16,17). The summed E-state index contributed by atoms with van der Waals surface area (Å²) in [6.07, 6.45) is 0.292. The highest BCUT2D eigenvalue weighted by Gasteiger charge is 2.28. The first-order valence-corrected chi connectivity index (χ1v) is 7.01. The van der Waals surface area contributed by atoms with Crippen LogP contribution in [0.1, 0.15) is 12.0 Å². The molecule has 1 fully saturated rings. The number of carboxylic acid groups (broad SMARTS) is 1. The highest BCUT2D eigenvalue weighted by Crippen LogP contribution is 2.26. The zero-order chi connectivity index (χ0) is 12.4. The van der Waals surface area contributed by atoms with Gasteiger partial charge in [-0.3, -0.25) is 9.69 Å². The Labute approximate surface area is 117 Å². The van der Waals surface area contributed by atoms with E-state index in [-0.39, 0.29) is 0 Å². The summed E-state index contributed by atoms with van der Waals surface area (Å²) in [6, 6.07) is 6.20. The molecule has 5 heteroatoms. The third-order valence-corrected chi connectivity index (χ3v) is 4.77. The van der Waals surface area contributed by atoms with Crippen molar-refractivity contribution in [3.8, 4) is 0 Å². The molecule has 1 aliphatic heterocycles. The summed E-state index contributed by atoms with van der Waals surface area (Å²) in [7, 11) is 0. The molecule has 0 bridgehead atoms. The fourth-order valence-electron chi connectivity index (χ4n) is 2.08. The normalized spacial score (nSPS) is 16.8. The molecule has 0 atom stereocenters. The summed E-state index contributed by atoms with van der Waals surface area (Å²) in [5.41, 5.74) is 1.24. The summed E-state index contributed by atoms with van der Waals surface area (Å²) in [5.74, 6) is -0.368. The molecule has 1 aliphatic rings. The zero-order valence-electron chi connectivity index (χ0n) is 9.20. The third-order valence-electron chi connectivity index (χ3n) is 2.89. The van der Waals surface area contributed by atoms with Crippen molar-refractivity contribution in [3.63, 3.8) is 0 Å². The van der Waals surface area contributed by atoms with Crippen LogP contribution < -0.4 is 0 Å². The van der Waals surface area contributed by atoms with Gasteiger partial charge in [-0.1, -0.05) is 6.07 Å². The van der Waals surface area contributed by atoms with Crippen LogP contribution in [0.3, 0.4) is 0 Å². The molecular formula is C12H13Br2NO2. The molecule has 1 saturated heterocycles. The van der Waals surface area contributed by atoms with Crippen LogP contribution in [0.5, 0.6) is 0 Å². The third kappa shape index (κ3) is 3.53. The minimum absolute atomic E-state index is 0.292.